The van der Waals surface area contributed by atoms with Crippen molar-refractivity contribution < 1.29 is 0 Å². The molecular weight excluding hydrogens is 312 g/mol. The summed E-state index contributed by atoms with van der Waals surface area (Å²) in [6.07, 6.45) is 0. The van der Waals surface area contributed by atoms with Gasteiger partial charge in [0.15, 0.2) is 0 Å². The van der Waals surface area contributed by atoms with Crippen molar-refractivity contribution in [2.75, 3.05) is 19.0 Å². The lowest BCUT2D eigenvalue weighted by molar-refractivity contribution is 1.13. The summed E-state index contributed by atoms with van der Waals surface area (Å²) in [5, 5.41) is 12.0. The minimum Gasteiger partial charge on any atom is -0.378 e. The second kappa shape index (κ2) is 6.34. The highest BCUT2D eigenvalue weighted by molar-refractivity contribution is 7.49. The lowest BCUT2D eigenvalue weighted by atomic mass is 10.2. The topological polar surface area (TPSA) is 27.0 Å². The summed E-state index contributed by atoms with van der Waals surface area (Å²) >= 11 is 0. The normalized spacial score (nSPS) is 11.9. The molecule has 2 aromatic rings. The van der Waals surface area contributed by atoms with E-state index >= 15 is 0 Å². The molecule has 0 spiro atoms. The smallest absolute Gasteiger partial charge is 0.0991 e. The maximum atomic E-state index is 9.01. The van der Waals surface area contributed by atoms with Crippen molar-refractivity contribution in [3.05, 3.63) is 54.1 Å². The maximum absolute atomic E-state index is 9.01. The first-order chi connectivity index (χ1) is 10.7. The second-order valence-electron chi connectivity index (χ2n) is 7.38. The van der Waals surface area contributed by atoms with Gasteiger partial charge in [0.25, 0.3) is 0 Å². The molecule has 0 unspecified atom stereocenters. The molecule has 2 nitrogen and oxygen atoms in total. The zero-order valence-electron chi connectivity index (χ0n) is 15.0. The SMILES string of the molecule is CN(C)c1ccc([Si](C)(C)[Si](C)(C)c2ccc(C#N)cc2)cc1. The standard InChI is InChI=1S/C19H26N2Si2/c1-21(2)17-9-13-19(14-10-17)23(5,6)22(3,4)18-11-7-16(15-20)8-12-18/h7-14H,1-6H3. The number of hydrogen-bond acceptors (Lipinski definition) is 2. The van der Waals surface area contributed by atoms with E-state index in [9.17, 15) is 0 Å². The Labute approximate surface area is 142 Å². The highest BCUT2D eigenvalue weighted by atomic mass is 29.3. The van der Waals surface area contributed by atoms with Crippen LogP contribution in [0.5, 0.6) is 0 Å². The molecule has 0 heterocycles. The molecule has 0 N–H and O–H groups in total. The van der Waals surface area contributed by atoms with Crippen LogP contribution in [0.15, 0.2) is 48.5 Å². The first-order valence-corrected chi connectivity index (χ1v) is 15.0. The number of hydrogen-bond donors (Lipinski definition) is 0. The van der Waals surface area contributed by atoms with E-state index in [2.05, 4.69) is 87.7 Å². The van der Waals surface area contributed by atoms with Gasteiger partial charge >= 0.3 is 0 Å². The Kier molecular flexibility index (Phi) is 4.83. The van der Waals surface area contributed by atoms with Gasteiger partial charge in [0, 0.05) is 19.8 Å². The maximum Gasteiger partial charge on any atom is 0.0991 e. The van der Waals surface area contributed by atoms with E-state index in [0.29, 0.717) is 0 Å². The van der Waals surface area contributed by atoms with Crippen LogP contribution in [0.3, 0.4) is 0 Å². The summed E-state index contributed by atoms with van der Waals surface area (Å²) in [7, 11) is 0.945. The van der Waals surface area contributed by atoms with Gasteiger partial charge in [-0.3, -0.25) is 0 Å². The van der Waals surface area contributed by atoms with E-state index in [4.69, 9.17) is 5.26 Å². The molecule has 0 saturated carbocycles. The third-order valence-corrected chi connectivity index (χ3v) is 23.2. The van der Waals surface area contributed by atoms with E-state index in [1.807, 2.05) is 12.1 Å². The van der Waals surface area contributed by atoms with Gasteiger partial charge in [-0.25, -0.2) is 0 Å². The van der Waals surface area contributed by atoms with Crippen molar-refractivity contribution in [1.82, 2.24) is 0 Å². The lowest BCUT2D eigenvalue weighted by Crippen LogP contribution is -2.69. The van der Waals surface area contributed by atoms with Crippen molar-refractivity contribution in [1.29, 1.82) is 5.26 Å². The van der Waals surface area contributed by atoms with E-state index in [1.54, 1.807) is 0 Å². The molecule has 4 heteroatoms. The molecule has 0 amide bonds. The summed E-state index contributed by atoms with van der Waals surface area (Å²) in [5.74, 6) is 0. The molecule has 0 aliphatic carbocycles. The van der Waals surface area contributed by atoms with E-state index < -0.39 is 15.2 Å². The molecule has 0 bridgehead atoms. The largest absolute Gasteiger partial charge is 0.378 e. The average molecular weight is 339 g/mol. The summed E-state index contributed by atoms with van der Waals surface area (Å²) in [6.45, 7) is 9.92. The molecule has 0 saturated heterocycles. The van der Waals surface area contributed by atoms with Crippen LogP contribution in [-0.2, 0) is 0 Å². The summed E-state index contributed by atoms with van der Waals surface area (Å²) in [6, 6.07) is 19.6. The predicted molar refractivity (Wildman–Crippen MR) is 106 cm³/mol. The second-order valence-corrected chi connectivity index (χ2v) is 22.5. The van der Waals surface area contributed by atoms with Crippen LogP contribution >= 0.6 is 0 Å². The molecule has 0 aromatic heterocycles. The van der Waals surface area contributed by atoms with Crippen LogP contribution < -0.4 is 15.3 Å². The monoisotopic (exact) mass is 338 g/mol. The third kappa shape index (κ3) is 3.26. The Morgan fingerprint density at radius 3 is 1.48 bits per heavy atom. The minimum absolute atomic E-state index is 0.744. The van der Waals surface area contributed by atoms with Crippen LogP contribution in [0.25, 0.3) is 0 Å². The van der Waals surface area contributed by atoms with Crippen molar-refractivity contribution in [2.24, 2.45) is 0 Å². The molecule has 0 fully saturated rings. The van der Waals surface area contributed by atoms with E-state index in [-0.39, 0.29) is 0 Å². The zero-order chi connectivity index (χ0) is 17.3. The molecule has 2 aromatic carbocycles. The quantitative estimate of drug-likeness (QED) is 0.800. The van der Waals surface area contributed by atoms with E-state index in [1.165, 1.54) is 16.1 Å². The molecule has 23 heavy (non-hydrogen) atoms. The number of benzene rings is 2. The Bertz CT molecular complexity index is 709. The first kappa shape index (κ1) is 17.5. The molecular formula is C19H26N2Si2. The highest BCUT2D eigenvalue weighted by Gasteiger charge is 2.43. The Hall–Kier alpha value is -1.84. The van der Waals surface area contributed by atoms with Gasteiger partial charge in [-0.05, 0) is 24.3 Å². The van der Waals surface area contributed by atoms with Crippen molar-refractivity contribution in [3.8, 4) is 6.07 Å². The molecule has 2 rings (SSSR count). The predicted octanol–water partition coefficient (Wildman–Crippen LogP) is 3.23. The number of anilines is 1. The van der Waals surface area contributed by atoms with Gasteiger partial charge in [-0.1, -0.05) is 60.8 Å². The number of nitriles is 1. The minimum atomic E-state index is -1.61. The summed E-state index contributed by atoms with van der Waals surface area (Å²) < 4.78 is 0. The molecule has 120 valence electrons. The fourth-order valence-electron chi connectivity index (χ4n) is 2.86. The Morgan fingerprint density at radius 2 is 1.13 bits per heavy atom. The van der Waals surface area contributed by atoms with Crippen molar-refractivity contribution in [3.63, 3.8) is 0 Å². The zero-order valence-corrected chi connectivity index (χ0v) is 17.0. The lowest BCUT2D eigenvalue weighted by Gasteiger charge is -2.39. The van der Waals surface area contributed by atoms with Crippen molar-refractivity contribution >= 4 is 31.2 Å². The summed E-state index contributed by atoms with van der Waals surface area (Å²) in [4.78, 5) is 2.14. The molecule has 0 radical (unpaired) electrons. The van der Waals surface area contributed by atoms with Crippen LogP contribution in [-0.4, -0.2) is 29.3 Å². The summed E-state index contributed by atoms with van der Waals surface area (Å²) in [5.41, 5.74) is 1.99. The van der Waals surface area contributed by atoms with Crippen LogP contribution in [0.2, 0.25) is 26.2 Å². The van der Waals surface area contributed by atoms with Crippen LogP contribution in [0.4, 0.5) is 5.69 Å². The fraction of sp³-hybridized carbons (Fsp3) is 0.316. The average Bonchev–Trinajstić information content (AvgIpc) is 2.54. The Morgan fingerprint density at radius 1 is 0.739 bits per heavy atom. The van der Waals surface area contributed by atoms with Crippen molar-refractivity contribution in [2.45, 2.75) is 26.2 Å². The Balaban J connectivity index is 2.40. The van der Waals surface area contributed by atoms with Gasteiger partial charge in [0.2, 0.25) is 0 Å². The van der Waals surface area contributed by atoms with Gasteiger partial charge in [-0.2, -0.15) is 5.26 Å². The van der Waals surface area contributed by atoms with Gasteiger partial charge in [-0.15, -0.1) is 0 Å². The number of rotatable bonds is 4. The van der Waals surface area contributed by atoms with Gasteiger partial charge in [0.1, 0.15) is 0 Å². The molecule has 0 aliphatic rings. The van der Waals surface area contributed by atoms with Gasteiger partial charge in [0.05, 0.1) is 26.8 Å². The van der Waals surface area contributed by atoms with E-state index in [0.717, 1.165) is 5.56 Å². The van der Waals surface area contributed by atoms with Crippen LogP contribution in [0, 0.1) is 11.3 Å². The van der Waals surface area contributed by atoms with Gasteiger partial charge < -0.3 is 4.90 Å². The number of nitrogens with zero attached hydrogens (tertiary/aromatic N) is 2. The van der Waals surface area contributed by atoms with Crippen LogP contribution in [0.1, 0.15) is 5.56 Å². The third-order valence-electron chi connectivity index (χ3n) is 5.40. The first-order valence-electron chi connectivity index (χ1n) is 7.98. The fourth-order valence-corrected chi connectivity index (χ4v) is 11.6. The molecule has 0 atom stereocenters. The highest BCUT2D eigenvalue weighted by Crippen LogP contribution is 2.21. The molecule has 0 aliphatic heterocycles.